The van der Waals surface area contributed by atoms with E-state index >= 15 is 0 Å². The van der Waals surface area contributed by atoms with Crippen LogP contribution in [0.1, 0.15) is 225 Å². The summed E-state index contributed by atoms with van der Waals surface area (Å²) in [5.41, 5.74) is 4.12. The molecule has 6 rings (SSSR count). The summed E-state index contributed by atoms with van der Waals surface area (Å²) >= 11 is 0. The van der Waals surface area contributed by atoms with Gasteiger partial charge in [-0.2, -0.15) is 0 Å². The Morgan fingerprint density at radius 3 is 1.05 bits per heavy atom. The van der Waals surface area contributed by atoms with Crippen LogP contribution in [0.15, 0.2) is 156 Å². The summed E-state index contributed by atoms with van der Waals surface area (Å²) in [4.78, 5) is 35.1. The first kappa shape index (κ1) is 63.2. The number of rotatable bonds is 42. The Morgan fingerprint density at radius 2 is 0.667 bits per heavy atom. The van der Waals surface area contributed by atoms with Crippen LogP contribution in [0.2, 0.25) is 0 Å². The summed E-state index contributed by atoms with van der Waals surface area (Å²) < 4.78 is 29.3. The van der Waals surface area contributed by atoms with Crippen molar-refractivity contribution in [2.24, 2.45) is 9.98 Å². The highest BCUT2D eigenvalue weighted by Gasteiger charge is 2.11. The molecule has 6 aromatic carbocycles. The molecule has 6 aromatic rings. The molecule has 432 valence electrons. The van der Waals surface area contributed by atoms with Crippen LogP contribution in [-0.2, 0) is 0 Å². The third-order valence-corrected chi connectivity index (χ3v) is 14.5. The molecule has 0 aliphatic heterocycles. The molecule has 9 nitrogen and oxygen atoms in total. The Bertz CT molecular complexity index is 2680. The maximum atomic E-state index is 12.9. The molecule has 0 saturated carbocycles. The van der Waals surface area contributed by atoms with Crippen molar-refractivity contribution in [3.63, 3.8) is 0 Å². The first-order valence-electron chi connectivity index (χ1n) is 31.0. The fourth-order valence-corrected chi connectivity index (χ4v) is 9.59. The van der Waals surface area contributed by atoms with E-state index in [1.165, 1.54) is 167 Å². The number of aliphatic imine (C=N–C) groups is 2. The summed E-state index contributed by atoms with van der Waals surface area (Å²) in [6, 6.07) is 43.8. The Morgan fingerprint density at radius 1 is 0.333 bits per heavy atom. The summed E-state index contributed by atoms with van der Waals surface area (Å²) in [6.07, 6.45) is 40.7. The highest BCUT2D eigenvalue weighted by Crippen LogP contribution is 2.28. The third kappa shape index (κ3) is 26.9. The molecule has 9 heteroatoms. The van der Waals surface area contributed by atoms with Gasteiger partial charge in [0.25, 0.3) is 0 Å². The molecule has 0 amide bonds. The van der Waals surface area contributed by atoms with Crippen LogP contribution in [0.3, 0.4) is 0 Å². The zero-order chi connectivity index (χ0) is 56.6. The Hall–Kier alpha value is -7.00. The maximum absolute atomic E-state index is 12.9. The summed E-state index contributed by atoms with van der Waals surface area (Å²) in [7, 11) is 0. The van der Waals surface area contributed by atoms with Crippen molar-refractivity contribution in [2.75, 3.05) is 13.2 Å². The predicted molar refractivity (Wildman–Crippen MR) is 335 cm³/mol. The normalized spacial score (nSPS) is 11.3. The summed E-state index contributed by atoms with van der Waals surface area (Å²) in [5, 5.41) is 0. The number of nitrogens with zero attached hydrogens (tertiary/aromatic N) is 2. The lowest BCUT2D eigenvalue weighted by molar-refractivity contribution is 0.0725. The highest BCUT2D eigenvalue weighted by atomic mass is 16.5. The Labute approximate surface area is 486 Å². The minimum Gasteiger partial charge on any atom is -0.494 e. The van der Waals surface area contributed by atoms with Crippen molar-refractivity contribution in [3.05, 3.63) is 168 Å². The molecule has 0 unspecified atom stereocenters. The van der Waals surface area contributed by atoms with Gasteiger partial charge < -0.3 is 23.7 Å². The number of unbranched alkanes of at least 4 members (excludes halogenated alkanes) is 26. The van der Waals surface area contributed by atoms with Crippen LogP contribution < -0.4 is 23.7 Å². The van der Waals surface area contributed by atoms with E-state index in [-0.39, 0.29) is 0 Å². The smallest absolute Gasteiger partial charge is 0.343 e. The molecule has 0 aromatic heterocycles. The number of carbonyl (C=O) groups excluding carboxylic acids is 2. The van der Waals surface area contributed by atoms with Gasteiger partial charge in [0.2, 0.25) is 0 Å². The lowest BCUT2D eigenvalue weighted by Gasteiger charge is -2.08. The van der Waals surface area contributed by atoms with Gasteiger partial charge in [-0.15, -0.1) is 0 Å². The van der Waals surface area contributed by atoms with E-state index in [0.717, 1.165) is 46.8 Å². The zero-order valence-corrected chi connectivity index (χ0v) is 49.0. The van der Waals surface area contributed by atoms with Gasteiger partial charge in [0.05, 0.1) is 35.7 Å². The molecule has 0 aliphatic carbocycles. The predicted octanol–water partition coefficient (Wildman–Crippen LogP) is 21.1. The number of benzene rings is 6. The number of hydrogen-bond donors (Lipinski definition) is 0. The van der Waals surface area contributed by atoms with Gasteiger partial charge in [-0.05, 0) is 157 Å². The van der Waals surface area contributed by atoms with E-state index in [2.05, 4.69) is 23.8 Å². The van der Waals surface area contributed by atoms with E-state index in [1.807, 2.05) is 97.1 Å². The topological polar surface area (TPSA) is 105 Å². The van der Waals surface area contributed by atoms with E-state index in [9.17, 15) is 9.59 Å². The molecule has 0 saturated heterocycles. The second-order valence-corrected chi connectivity index (χ2v) is 21.5. The molecule has 0 fully saturated rings. The van der Waals surface area contributed by atoms with Crippen molar-refractivity contribution >= 4 is 35.7 Å². The molecule has 0 atom stereocenters. The zero-order valence-electron chi connectivity index (χ0n) is 49.0. The van der Waals surface area contributed by atoms with Gasteiger partial charge >= 0.3 is 11.9 Å². The lowest BCUT2D eigenvalue weighted by Crippen LogP contribution is -2.08. The number of ether oxygens (including phenoxy) is 5. The minimum absolute atomic E-state index is 0.422. The second-order valence-electron chi connectivity index (χ2n) is 21.5. The van der Waals surface area contributed by atoms with Gasteiger partial charge in [-0.3, -0.25) is 9.98 Å². The molecule has 0 spiro atoms. The van der Waals surface area contributed by atoms with Crippen LogP contribution in [0.4, 0.5) is 11.4 Å². The van der Waals surface area contributed by atoms with Gasteiger partial charge in [0, 0.05) is 18.5 Å². The van der Waals surface area contributed by atoms with E-state index in [1.54, 1.807) is 61.0 Å². The first-order chi connectivity index (χ1) is 39.9. The fourth-order valence-electron chi connectivity index (χ4n) is 9.59. The average Bonchev–Trinajstić information content (AvgIpc) is 3.52. The van der Waals surface area contributed by atoms with Crippen LogP contribution in [0.25, 0.3) is 0 Å². The quantitative estimate of drug-likeness (QED) is 0.0163. The molecule has 81 heavy (non-hydrogen) atoms. The van der Waals surface area contributed by atoms with Crippen molar-refractivity contribution in [3.8, 4) is 34.5 Å². The largest absolute Gasteiger partial charge is 0.494 e. The highest BCUT2D eigenvalue weighted by molar-refractivity contribution is 5.92. The van der Waals surface area contributed by atoms with Gasteiger partial charge in [-0.1, -0.05) is 187 Å². The summed E-state index contributed by atoms with van der Waals surface area (Å²) in [5.74, 6) is 2.88. The molecule has 0 heterocycles. The summed E-state index contributed by atoms with van der Waals surface area (Å²) in [6.45, 7) is 5.91. The van der Waals surface area contributed by atoms with E-state index < -0.39 is 11.9 Å². The first-order valence-corrected chi connectivity index (χ1v) is 31.0. The molecule has 0 N–H and O–H groups in total. The number of carbonyl (C=O) groups is 2. The second kappa shape index (κ2) is 39.4. The molecular formula is C72H92N2O7. The lowest BCUT2D eigenvalue weighted by atomic mass is 10.0. The standard InChI is InChI=1S/C72H92N2O7/c1-3-5-7-9-11-13-15-17-19-21-23-25-27-29-54-77-65-48-38-61(39-49-65)71(75)80-68-44-34-59(35-45-68)57-73-63-42-52-67(53-43-63)79-70-33-31-32-64(56-70)74-58-60-36-46-69(47-37-60)81-72(76)62-40-50-66(51-41-62)78-55-30-28-26-24-22-20-18-16-14-12-10-8-6-4-2/h31-53,56-58H,3-30,54-55H2,1-2H3. The van der Waals surface area contributed by atoms with Gasteiger partial charge in [-0.25, -0.2) is 9.59 Å². The van der Waals surface area contributed by atoms with E-state index in [0.29, 0.717) is 47.3 Å². The Kier molecular flexibility index (Phi) is 30.7. The monoisotopic (exact) mass is 1100 g/mol. The number of hydrogen-bond acceptors (Lipinski definition) is 9. The number of esters is 2. The SMILES string of the molecule is CCCCCCCCCCCCCCCCOc1ccc(C(=O)Oc2ccc(C=Nc3ccc(Oc4cccc(N=Cc5ccc(OC(=O)c6ccc(OCCCCCCCCCCCCCCCC)cc6)cc5)c4)cc3)cc2)cc1. The van der Waals surface area contributed by atoms with Crippen molar-refractivity contribution < 1.29 is 33.3 Å². The average molecular weight is 1100 g/mol. The molecular weight excluding hydrogens is 1000 g/mol. The third-order valence-electron chi connectivity index (χ3n) is 14.5. The van der Waals surface area contributed by atoms with Crippen LogP contribution in [0, 0.1) is 0 Å². The van der Waals surface area contributed by atoms with Gasteiger partial charge in [0.15, 0.2) is 0 Å². The van der Waals surface area contributed by atoms with Crippen LogP contribution >= 0.6 is 0 Å². The maximum Gasteiger partial charge on any atom is 0.343 e. The fraction of sp³-hybridized carbons (Fsp3) is 0.444. The van der Waals surface area contributed by atoms with Crippen LogP contribution in [0.5, 0.6) is 34.5 Å². The molecule has 0 aliphatic rings. The minimum atomic E-state index is -0.424. The Balaban J connectivity index is 0.814. The van der Waals surface area contributed by atoms with Crippen LogP contribution in [-0.4, -0.2) is 37.6 Å². The van der Waals surface area contributed by atoms with E-state index in [4.69, 9.17) is 23.7 Å². The molecule has 0 radical (unpaired) electrons. The molecule has 0 bridgehead atoms. The van der Waals surface area contributed by atoms with Gasteiger partial charge in [0.1, 0.15) is 34.5 Å². The van der Waals surface area contributed by atoms with Crippen molar-refractivity contribution in [1.29, 1.82) is 0 Å². The van der Waals surface area contributed by atoms with Crippen molar-refractivity contribution in [1.82, 2.24) is 0 Å². The van der Waals surface area contributed by atoms with Crippen molar-refractivity contribution in [2.45, 2.75) is 194 Å².